The Hall–Kier alpha value is 0.390. The summed E-state index contributed by atoms with van der Waals surface area (Å²) in [6, 6.07) is 0. The quantitative estimate of drug-likeness (QED) is 0.569. The average molecular weight is 204 g/mol. The topological polar surface area (TPSA) is 9.23 Å². The van der Waals surface area contributed by atoms with Crippen LogP contribution in [0.5, 0.6) is 0 Å². The van der Waals surface area contributed by atoms with Crippen molar-refractivity contribution in [1.82, 2.24) is 0 Å². The summed E-state index contributed by atoms with van der Waals surface area (Å²) in [5.41, 5.74) is 0.485. The Labute approximate surface area is 85.9 Å². The van der Waals surface area contributed by atoms with Gasteiger partial charge in [-0.2, -0.15) is 0 Å². The molecule has 0 aromatic rings. The van der Waals surface area contributed by atoms with E-state index in [1.54, 1.807) is 0 Å². The predicted molar refractivity (Wildman–Crippen MR) is 62.7 cm³/mol. The van der Waals surface area contributed by atoms with Gasteiger partial charge in [0.05, 0.1) is 6.61 Å². The molecule has 0 saturated carbocycles. The lowest BCUT2D eigenvalue weighted by molar-refractivity contribution is 0.187. The van der Waals surface area contributed by atoms with Crippen LogP contribution in [-0.4, -0.2) is 6.61 Å². The van der Waals surface area contributed by atoms with Crippen molar-refractivity contribution in [2.24, 2.45) is 11.3 Å². The van der Waals surface area contributed by atoms with Crippen molar-refractivity contribution in [1.29, 1.82) is 0 Å². The minimum absolute atomic E-state index is 0.485. The van der Waals surface area contributed by atoms with Crippen LogP contribution < -0.4 is 0 Å². The van der Waals surface area contributed by atoms with Crippen LogP contribution in [0, 0.1) is 11.3 Å². The molecule has 0 aromatic heterocycles. The molecular weight excluding hydrogens is 179 g/mol. The molecule has 80 valence electrons. The minimum atomic E-state index is 0.485. The van der Waals surface area contributed by atoms with Gasteiger partial charge in [-0.1, -0.05) is 40.5 Å². The molecule has 0 spiro atoms. The summed E-state index contributed by atoms with van der Waals surface area (Å²) in [6.07, 6.45) is 5.11. The molecule has 0 rings (SSSR count). The zero-order valence-electron chi connectivity index (χ0n) is 9.60. The molecular formula is C11H25OP. The molecule has 0 heterocycles. The molecule has 2 heteroatoms. The van der Waals surface area contributed by atoms with Crippen molar-refractivity contribution in [3.05, 3.63) is 0 Å². The molecule has 0 bridgehead atoms. The first-order chi connectivity index (χ1) is 6.05. The lowest BCUT2D eigenvalue weighted by Gasteiger charge is -2.28. The molecule has 2 unspecified atom stereocenters. The third kappa shape index (κ3) is 6.46. The lowest BCUT2D eigenvalue weighted by atomic mass is 9.79. The molecule has 0 fully saturated rings. The van der Waals surface area contributed by atoms with E-state index in [2.05, 4.69) is 37.2 Å². The minimum Gasteiger partial charge on any atom is -0.365 e. The van der Waals surface area contributed by atoms with Gasteiger partial charge in [0.15, 0.2) is 0 Å². The second kappa shape index (κ2) is 6.79. The fraction of sp³-hybridized carbons (Fsp3) is 1.00. The van der Waals surface area contributed by atoms with Crippen molar-refractivity contribution in [2.45, 2.75) is 53.4 Å². The summed E-state index contributed by atoms with van der Waals surface area (Å²) >= 11 is 0. The van der Waals surface area contributed by atoms with Gasteiger partial charge in [0.1, 0.15) is 0 Å². The van der Waals surface area contributed by atoms with Crippen LogP contribution in [0.2, 0.25) is 0 Å². The molecule has 13 heavy (non-hydrogen) atoms. The van der Waals surface area contributed by atoms with Crippen LogP contribution >= 0.6 is 9.47 Å². The number of rotatable bonds is 7. The SMILES string of the molecule is CCCC(C)(C)CC(CC)COP. The fourth-order valence-electron chi connectivity index (χ4n) is 2.02. The van der Waals surface area contributed by atoms with E-state index in [1.165, 1.54) is 25.7 Å². The first kappa shape index (κ1) is 13.4. The van der Waals surface area contributed by atoms with Crippen LogP contribution in [0.25, 0.3) is 0 Å². The van der Waals surface area contributed by atoms with Crippen LogP contribution in [0.3, 0.4) is 0 Å². The maximum atomic E-state index is 5.14. The first-order valence-corrected chi connectivity index (χ1v) is 5.84. The molecule has 0 saturated heterocycles. The first-order valence-electron chi connectivity index (χ1n) is 5.37. The summed E-state index contributed by atoms with van der Waals surface area (Å²) in [6.45, 7) is 10.1. The van der Waals surface area contributed by atoms with Crippen LogP contribution in [0.15, 0.2) is 0 Å². The van der Waals surface area contributed by atoms with Gasteiger partial charge in [0.25, 0.3) is 0 Å². The van der Waals surface area contributed by atoms with Gasteiger partial charge in [-0.3, -0.25) is 0 Å². The zero-order valence-corrected chi connectivity index (χ0v) is 10.8. The molecule has 0 aliphatic heterocycles. The number of hydrogen-bond acceptors (Lipinski definition) is 1. The second-order valence-electron chi connectivity index (χ2n) is 4.73. The van der Waals surface area contributed by atoms with Gasteiger partial charge in [0, 0.05) is 9.47 Å². The standard InChI is InChI=1S/C11H25OP/c1-5-7-11(3,4)8-10(6-2)9-12-13/h10H,5-9,13H2,1-4H3. The maximum absolute atomic E-state index is 5.14. The van der Waals surface area contributed by atoms with Crippen LogP contribution in [0.1, 0.15) is 53.4 Å². The molecule has 0 radical (unpaired) electrons. The molecule has 0 aromatic carbocycles. The molecule has 0 aliphatic carbocycles. The van der Waals surface area contributed by atoms with Crippen molar-refractivity contribution >= 4 is 9.47 Å². The average Bonchev–Trinajstić information content (AvgIpc) is 2.03. The van der Waals surface area contributed by atoms with E-state index in [9.17, 15) is 0 Å². The van der Waals surface area contributed by atoms with E-state index in [0.717, 1.165) is 12.5 Å². The van der Waals surface area contributed by atoms with Crippen molar-refractivity contribution < 1.29 is 4.52 Å². The third-order valence-corrected chi connectivity index (χ3v) is 2.87. The summed E-state index contributed by atoms with van der Waals surface area (Å²) < 4.78 is 5.14. The number of hydrogen-bond donors (Lipinski definition) is 0. The summed E-state index contributed by atoms with van der Waals surface area (Å²) in [5, 5.41) is 0. The normalized spacial score (nSPS) is 14.5. The van der Waals surface area contributed by atoms with Crippen molar-refractivity contribution in [3.8, 4) is 0 Å². The van der Waals surface area contributed by atoms with Crippen molar-refractivity contribution in [3.63, 3.8) is 0 Å². The van der Waals surface area contributed by atoms with E-state index in [4.69, 9.17) is 4.52 Å². The highest BCUT2D eigenvalue weighted by Gasteiger charge is 2.21. The van der Waals surface area contributed by atoms with E-state index in [0.29, 0.717) is 5.41 Å². The Morgan fingerprint density at radius 3 is 2.31 bits per heavy atom. The fourth-order valence-corrected chi connectivity index (χ4v) is 2.29. The Morgan fingerprint density at radius 1 is 1.31 bits per heavy atom. The highest BCUT2D eigenvalue weighted by molar-refractivity contribution is 7.09. The Kier molecular flexibility index (Phi) is 6.99. The van der Waals surface area contributed by atoms with E-state index in [1.807, 2.05) is 0 Å². The Balaban J connectivity index is 3.89. The summed E-state index contributed by atoms with van der Waals surface area (Å²) in [5.74, 6) is 0.721. The van der Waals surface area contributed by atoms with Gasteiger partial charge < -0.3 is 4.52 Å². The van der Waals surface area contributed by atoms with Gasteiger partial charge in [-0.05, 0) is 24.2 Å². The van der Waals surface area contributed by atoms with Gasteiger partial charge >= 0.3 is 0 Å². The highest BCUT2D eigenvalue weighted by atomic mass is 31.0. The van der Waals surface area contributed by atoms with E-state index >= 15 is 0 Å². The van der Waals surface area contributed by atoms with Crippen LogP contribution in [-0.2, 0) is 4.52 Å². The van der Waals surface area contributed by atoms with Crippen LogP contribution in [0.4, 0.5) is 0 Å². The van der Waals surface area contributed by atoms with Gasteiger partial charge in [-0.25, -0.2) is 0 Å². The van der Waals surface area contributed by atoms with Gasteiger partial charge in [-0.15, -0.1) is 0 Å². The van der Waals surface area contributed by atoms with Gasteiger partial charge in [0.2, 0.25) is 0 Å². The highest BCUT2D eigenvalue weighted by Crippen LogP contribution is 2.32. The third-order valence-electron chi connectivity index (χ3n) is 2.68. The Morgan fingerprint density at radius 2 is 1.92 bits per heavy atom. The smallest absolute Gasteiger partial charge is 0.0530 e. The summed E-state index contributed by atoms with van der Waals surface area (Å²) in [4.78, 5) is 0. The van der Waals surface area contributed by atoms with Crippen molar-refractivity contribution in [2.75, 3.05) is 6.61 Å². The maximum Gasteiger partial charge on any atom is 0.0530 e. The largest absolute Gasteiger partial charge is 0.365 e. The predicted octanol–water partition coefficient (Wildman–Crippen LogP) is 4.04. The Bertz CT molecular complexity index is 123. The molecule has 0 N–H and O–H groups in total. The summed E-state index contributed by atoms with van der Waals surface area (Å²) in [7, 11) is 2.35. The molecule has 2 atom stereocenters. The van der Waals surface area contributed by atoms with E-state index in [-0.39, 0.29) is 0 Å². The monoisotopic (exact) mass is 204 g/mol. The second-order valence-corrected chi connectivity index (χ2v) is 5.06. The van der Waals surface area contributed by atoms with E-state index < -0.39 is 0 Å². The zero-order chi connectivity index (χ0) is 10.3. The molecule has 0 aliphatic rings. The molecule has 0 amide bonds. The lowest BCUT2D eigenvalue weighted by Crippen LogP contribution is -2.19. The molecule has 1 nitrogen and oxygen atoms in total.